The molecule has 0 amide bonds. The Morgan fingerprint density at radius 1 is 0.212 bits per heavy atom. The summed E-state index contributed by atoms with van der Waals surface area (Å²) in [7, 11) is 0. The zero-order chi connectivity index (χ0) is 86.6. The predicted molar refractivity (Wildman–Crippen MR) is 486 cm³/mol. The van der Waals surface area contributed by atoms with Gasteiger partial charge >= 0.3 is 0 Å². The van der Waals surface area contributed by atoms with E-state index in [1.807, 2.05) is 0 Å². The molecule has 0 radical (unpaired) electrons. The minimum absolute atomic E-state index is 0.0265. The molecule has 8 aromatic rings. The van der Waals surface area contributed by atoms with Crippen LogP contribution in [-0.4, -0.2) is 62.7 Å². The third-order valence-corrected chi connectivity index (χ3v) is 22.2. The van der Waals surface area contributed by atoms with E-state index < -0.39 is 0 Å². The first-order valence-corrected chi connectivity index (χ1v) is 44.2. The molecule has 640 valence electrons. The molecular formula is C104H142N2O12. The quantitative estimate of drug-likeness (QED) is 0.0373. The van der Waals surface area contributed by atoms with E-state index in [1.54, 1.807) is 24.3 Å². The van der Waals surface area contributed by atoms with Gasteiger partial charge in [0.15, 0.2) is 0 Å². The maximum atomic E-state index is 13.8. The summed E-state index contributed by atoms with van der Waals surface area (Å²) in [6.45, 7) is 60.8. The van der Waals surface area contributed by atoms with Gasteiger partial charge in [0, 0.05) is 97.9 Å². The van der Waals surface area contributed by atoms with Gasteiger partial charge < -0.3 is 37.9 Å². The summed E-state index contributed by atoms with van der Waals surface area (Å²) >= 11 is 0. The molecule has 0 saturated heterocycles. The summed E-state index contributed by atoms with van der Waals surface area (Å²) < 4.78 is 57.5. The Morgan fingerprint density at radius 3 is 0.398 bits per heavy atom. The Kier molecular flexibility index (Phi) is 31.0. The summed E-state index contributed by atoms with van der Waals surface area (Å²) in [5.41, 5.74) is 18.8. The highest BCUT2D eigenvalue weighted by Crippen LogP contribution is 2.48. The monoisotopic (exact) mass is 1610 g/mol. The van der Waals surface area contributed by atoms with Crippen molar-refractivity contribution in [2.45, 2.75) is 315 Å². The smallest absolute Gasteiger partial charge is 0.270 e. The molecule has 0 unspecified atom stereocenters. The van der Waals surface area contributed by atoms with Crippen LogP contribution >= 0.6 is 0 Å². The van der Waals surface area contributed by atoms with Crippen molar-refractivity contribution in [1.82, 2.24) is 0 Å². The van der Waals surface area contributed by atoms with Gasteiger partial charge in [0.05, 0.1) is 62.7 Å². The Hall–Kier alpha value is -9.04. The molecule has 0 heterocycles. The van der Waals surface area contributed by atoms with Crippen LogP contribution in [0, 0.1) is 20.2 Å². The van der Waals surface area contributed by atoms with E-state index in [0.29, 0.717) is 125 Å². The maximum absolute atomic E-state index is 13.8. The van der Waals surface area contributed by atoms with Gasteiger partial charge in [-0.3, -0.25) is 20.2 Å². The summed E-state index contributed by atoms with van der Waals surface area (Å²) in [5.74, 6) is 5.74. The highest BCUT2D eigenvalue weighted by atomic mass is 16.6. The Balaban J connectivity index is 1.49. The van der Waals surface area contributed by atoms with Gasteiger partial charge in [-0.05, 0) is 184 Å². The highest BCUT2D eigenvalue weighted by Gasteiger charge is 2.34. The standard InChI is InChI=1S/C104H142N2O12/c1-27-35-111-91-67-43-71-55-85(101(15,16)17)59-75(93(71)113-37-29-3)47-79-63-89(105(107)108)65-81(97(79)117-41-33-7)49-77-61-87(103(21,22)23)57-73(95(77)115-39-31-5)45-69-53-84(100(12,13)14)54-70(92(69)112-36-28-2)46-74-58-88(104(24,25)26)62-78(96(74)116-40-32-6)50-82-66-90(106(109)110)64-80(98(82)118-42-34-8)48-76-60-86(102(18,19)20)56-72(94(76)114-38-30-4)44-68(91)52-83(51-67)99(9,10)11/h51-66H,27-50H2,1-26H3. The van der Waals surface area contributed by atoms with Crippen LogP contribution in [0.3, 0.4) is 0 Å². The van der Waals surface area contributed by atoms with Gasteiger partial charge in [-0.25, -0.2) is 0 Å². The number of non-ortho nitro benzene ring substituents is 2. The summed E-state index contributed by atoms with van der Waals surface area (Å²) in [6.07, 6.45) is 8.69. The lowest BCUT2D eigenvalue weighted by Gasteiger charge is -2.28. The van der Waals surface area contributed by atoms with Gasteiger partial charge in [-0.1, -0.05) is 253 Å². The number of fused-ring (bicyclic) bond motifs is 16. The molecule has 8 aromatic carbocycles. The number of benzene rings is 8. The van der Waals surface area contributed by atoms with Crippen LogP contribution in [-0.2, 0) is 83.9 Å². The van der Waals surface area contributed by atoms with Crippen molar-refractivity contribution in [2.75, 3.05) is 52.9 Å². The molecule has 0 aliphatic heterocycles. The number of rotatable bonds is 26. The fourth-order valence-corrected chi connectivity index (χ4v) is 15.7. The van der Waals surface area contributed by atoms with Crippen molar-refractivity contribution < 1.29 is 47.7 Å². The Morgan fingerprint density at radius 2 is 0.314 bits per heavy atom. The second-order valence-corrected chi connectivity index (χ2v) is 39.1. The summed E-state index contributed by atoms with van der Waals surface area (Å²) in [6, 6.07) is 34.5. The first-order chi connectivity index (χ1) is 55.6. The van der Waals surface area contributed by atoms with E-state index in [9.17, 15) is 20.2 Å². The second-order valence-electron chi connectivity index (χ2n) is 39.1. The molecule has 16 bridgehead atoms. The highest BCUT2D eigenvalue weighted by molar-refractivity contribution is 5.64. The first-order valence-electron chi connectivity index (χ1n) is 44.2. The van der Waals surface area contributed by atoms with Crippen molar-refractivity contribution in [3.63, 3.8) is 0 Å². The molecule has 9 rings (SSSR count). The van der Waals surface area contributed by atoms with Crippen LogP contribution in [0.1, 0.15) is 354 Å². The Bertz CT molecular complexity index is 4270. The van der Waals surface area contributed by atoms with Gasteiger partial charge in [0.25, 0.3) is 11.4 Å². The van der Waals surface area contributed by atoms with Crippen LogP contribution in [0.25, 0.3) is 0 Å². The van der Waals surface area contributed by atoms with E-state index in [2.05, 4.69) is 253 Å². The van der Waals surface area contributed by atoms with Crippen LogP contribution in [0.2, 0.25) is 0 Å². The molecule has 0 aromatic heterocycles. The molecule has 1 aliphatic carbocycles. The minimum Gasteiger partial charge on any atom is -0.493 e. The van der Waals surface area contributed by atoms with Crippen LogP contribution in [0.15, 0.2) is 97.1 Å². The molecule has 0 N–H and O–H groups in total. The normalized spacial score (nSPS) is 13.2. The van der Waals surface area contributed by atoms with Crippen molar-refractivity contribution in [3.05, 3.63) is 240 Å². The zero-order valence-corrected chi connectivity index (χ0v) is 77.0. The average molecular weight is 1610 g/mol. The minimum atomic E-state index is -0.352. The predicted octanol–water partition coefficient (Wildman–Crippen LogP) is 26.6. The van der Waals surface area contributed by atoms with Crippen LogP contribution in [0.5, 0.6) is 46.0 Å². The SMILES string of the molecule is CCCOc1c2cc([N+](=O)[O-])cc1Cc1cc(C(C)(C)C)cc(c1OCCC)Cc1cc(C(C)(C)C)cc(c1OCCC)Cc1cc(C(C)(C)C)cc(c1OCCC)Cc1cc([N+](=O)[O-])cc(c1OCCC)Cc1cc(C(C)(C)C)cc(c1OCCC)Cc1cc(C(C)(C)C)cc(c1OCCC)Cc1cc(C(C)(C)C)cc(c1OCCC)C2. The number of hydrogen-bond acceptors (Lipinski definition) is 12. The number of nitrogens with zero attached hydrogens (tertiary/aromatic N) is 2. The fourth-order valence-electron chi connectivity index (χ4n) is 15.7. The summed E-state index contributed by atoms with van der Waals surface area (Å²) in [5, 5.41) is 27.7. The molecule has 1 aliphatic rings. The third kappa shape index (κ3) is 23.3. The lowest BCUT2D eigenvalue weighted by Crippen LogP contribution is -2.17. The number of ether oxygens (including phenoxy) is 8. The van der Waals surface area contributed by atoms with Gasteiger partial charge in [-0.15, -0.1) is 0 Å². The molecule has 0 saturated carbocycles. The molecule has 0 atom stereocenters. The van der Waals surface area contributed by atoms with E-state index in [1.165, 1.54) is 0 Å². The lowest BCUT2D eigenvalue weighted by molar-refractivity contribution is -0.385. The van der Waals surface area contributed by atoms with E-state index >= 15 is 0 Å². The zero-order valence-electron chi connectivity index (χ0n) is 77.0. The number of hydrogen-bond donors (Lipinski definition) is 0. The van der Waals surface area contributed by atoms with E-state index in [-0.39, 0.29) is 79.4 Å². The van der Waals surface area contributed by atoms with Gasteiger partial charge in [-0.2, -0.15) is 0 Å². The fraction of sp³-hybridized carbons (Fsp3) is 0.538. The van der Waals surface area contributed by atoms with Crippen LogP contribution < -0.4 is 37.9 Å². The van der Waals surface area contributed by atoms with Crippen molar-refractivity contribution in [3.8, 4) is 46.0 Å². The van der Waals surface area contributed by atoms with Crippen LogP contribution in [0.4, 0.5) is 11.4 Å². The van der Waals surface area contributed by atoms with Crippen molar-refractivity contribution in [2.24, 2.45) is 0 Å². The molecule has 0 spiro atoms. The molecule has 14 heteroatoms. The Labute approximate surface area is 708 Å². The number of nitro benzene ring substituents is 2. The van der Waals surface area contributed by atoms with E-state index in [4.69, 9.17) is 37.9 Å². The van der Waals surface area contributed by atoms with E-state index in [0.717, 1.165) is 173 Å². The van der Waals surface area contributed by atoms with Gasteiger partial charge in [0.2, 0.25) is 0 Å². The molecular weight excluding hydrogens is 1470 g/mol. The summed E-state index contributed by atoms with van der Waals surface area (Å²) in [4.78, 5) is 27.1. The maximum Gasteiger partial charge on any atom is 0.270 e. The first kappa shape index (κ1) is 92.8. The second kappa shape index (κ2) is 39.4. The molecule has 0 fully saturated rings. The number of nitro groups is 2. The average Bonchev–Trinajstić information content (AvgIpc) is 0.769. The van der Waals surface area contributed by atoms with Crippen molar-refractivity contribution in [1.29, 1.82) is 0 Å². The van der Waals surface area contributed by atoms with Crippen molar-refractivity contribution >= 4 is 11.4 Å². The largest absolute Gasteiger partial charge is 0.493 e. The topological polar surface area (TPSA) is 160 Å². The lowest BCUT2D eigenvalue weighted by atomic mass is 9.80. The third-order valence-electron chi connectivity index (χ3n) is 22.2. The van der Waals surface area contributed by atoms with Gasteiger partial charge in [0.1, 0.15) is 46.0 Å². The molecule has 14 nitrogen and oxygen atoms in total. The molecule has 118 heavy (non-hydrogen) atoms.